The van der Waals surface area contributed by atoms with Gasteiger partial charge in [-0.1, -0.05) is 12.1 Å². The minimum Gasteiger partial charge on any atom is -0.369 e. The lowest BCUT2D eigenvalue weighted by Gasteiger charge is -2.12. The van der Waals surface area contributed by atoms with Crippen LogP contribution < -0.4 is 11.1 Å². The van der Waals surface area contributed by atoms with E-state index in [1.807, 2.05) is 50.2 Å². The summed E-state index contributed by atoms with van der Waals surface area (Å²) in [7, 11) is 0. The summed E-state index contributed by atoms with van der Waals surface area (Å²) in [6.45, 7) is 3.93. The fourth-order valence-corrected chi connectivity index (χ4v) is 2.42. The third-order valence-corrected chi connectivity index (χ3v) is 3.90. The number of amides is 1. The van der Waals surface area contributed by atoms with Gasteiger partial charge in [-0.25, -0.2) is 9.97 Å². The minimum absolute atomic E-state index is 0.233. The van der Waals surface area contributed by atoms with Crippen molar-refractivity contribution in [2.75, 3.05) is 5.32 Å². The Morgan fingerprint density at radius 1 is 1.12 bits per heavy atom. The lowest BCUT2D eigenvalue weighted by atomic mass is 10.1. The number of aryl methyl sites for hydroxylation is 1. The van der Waals surface area contributed by atoms with Gasteiger partial charge in [0.1, 0.15) is 5.82 Å². The number of hydrogen-bond acceptors (Lipinski definition) is 5. The fourth-order valence-electron chi connectivity index (χ4n) is 2.42. The molecule has 0 aliphatic rings. The topological polar surface area (TPSA) is 93.8 Å². The largest absolute Gasteiger partial charge is 0.369 e. The number of carbonyl (C=O) groups excluding carboxylic acids is 1. The lowest BCUT2D eigenvalue weighted by Crippen LogP contribution is -2.13. The summed E-state index contributed by atoms with van der Waals surface area (Å²) >= 11 is 0. The predicted octanol–water partition coefficient (Wildman–Crippen LogP) is 2.93. The Labute approximate surface area is 146 Å². The summed E-state index contributed by atoms with van der Waals surface area (Å²) in [6, 6.07) is 11.3. The van der Waals surface area contributed by atoms with E-state index in [-0.39, 0.29) is 12.3 Å². The van der Waals surface area contributed by atoms with Gasteiger partial charge in [0.15, 0.2) is 5.82 Å². The van der Waals surface area contributed by atoms with Gasteiger partial charge in [0.25, 0.3) is 0 Å². The van der Waals surface area contributed by atoms with Crippen molar-refractivity contribution in [3.05, 3.63) is 65.6 Å². The SMILES string of the molecule is Cc1nc(-c2cccnc2)nc(Nc2ccc(CC(N)=O)cc2)c1C. The molecule has 3 rings (SSSR count). The first-order chi connectivity index (χ1) is 12.0. The molecule has 3 aromatic rings. The summed E-state index contributed by atoms with van der Waals surface area (Å²) in [6.07, 6.45) is 3.70. The molecule has 0 saturated heterocycles. The van der Waals surface area contributed by atoms with Crippen molar-refractivity contribution < 1.29 is 4.79 Å². The van der Waals surface area contributed by atoms with E-state index in [1.165, 1.54) is 0 Å². The number of nitrogens with zero attached hydrogens (tertiary/aromatic N) is 3. The van der Waals surface area contributed by atoms with Crippen LogP contribution in [0.2, 0.25) is 0 Å². The highest BCUT2D eigenvalue weighted by atomic mass is 16.1. The Balaban J connectivity index is 1.89. The summed E-state index contributed by atoms with van der Waals surface area (Å²) in [4.78, 5) is 24.3. The van der Waals surface area contributed by atoms with E-state index < -0.39 is 0 Å². The van der Waals surface area contributed by atoms with Gasteiger partial charge in [0, 0.05) is 34.9 Å². The molecule has 0 fully saturated rings. The van der Waals surface area contributed by atoms with Crippen molar-refractivity contribution in [2.24, 2.45) is 5.73 Å². The van der Waals surface area contributed by atoms with E-state index in [4.69, 9.17) is 5.73 Å². The van der Waals surface area contributed by atoms with E-state index in [9.17, 15) is 4.79 Å². The van der Waals surface area contributed by atoms with E-state index in [2.05, 4.69) is 20.3 Å². The van der Waals surface area contributed by atoms with Crippen LogP contribution in [0.25, 0.3) is 11.4 Å². The van der Waals surface area contributed by atoms with Crippen LogP contribution in [0.3, 0.4) is 0 Å². The van der Waals surface area contributed by atoms with Crippen LogP contribution in [0.15, 0.2) is 48.8 Å². The maximum absolute atomic E-state index is 11.0. The Kier molecular flexibility index (Phi) is 4.70. The summed E-state index contributed by atoms with van der Waals surface area (Å²) in [5.74, 6) is 1.03. The number of nitrogens with two attached hydrogens (primary N) is 1. The number of benzene rings is 1. The zero-order chi connectivity index (χ0) is 17.8. The summed E-state index contributed by atoms with van der Waals surface area (Å²) in [5.41, 5.74) is 9.73. The lowest BCUT2D eigenvalue weighted by molar-refractivity contribution is -0.117. The summed E-state index contributed by atoms with van der Waals surface area (Å²) < 4.78 is 0. The number of rotatable bonds is 5. The van der Waals surface area contributed by atoms with Crippen LogP contribution in [0.1, 0.15) is 16.8 Å². The monoisotopic (exact) mass is 333 g/mol. The normalized spacial score (nSPS) is 10.5. The molecule has 0 unspecified atom stereocenters. The quantitative estimate of drug-likeness (QED) is 0.749. The molecule has 0 radical (unpaired) electrons. The highest BCUT2D eigenvalue weighted by Gasteiger charge is 2.10. The molecule has 6 nitrogen and oxygen atoms in total. The van der Waals surface area contributed by atoms with Gasteiger partial charge in [-0.05, 0) is 43.7 Å². The molecule has 3 N–H and O–H groups in total. The molecular weight excluding hydrogens is 314 g/mol. The van der Waals surface area contributed by atoms with Crippen molar-refractivity contribution in [1.82, 2.24) is 15.0 Å². The van der Waals surface area contributed by atoms with Crippen LogP contribution in [-0.2, 0) is 11.2 Å². The molecular formula is C19H19N5O. The third kappa shape index (κ3) is 3.98. The van der Waals surface area contributed by atoms with E-state index in [1.54, 1.807) is 12.4 Å². The van der Waals surface area contributed by atoms with Crippen molar-refractivity contribution >= 4 is 17.4 Å². The van der Waals surface area contributed by atoms with Crippen LogP contribution in [-0.4, -0.2) is 20.9 Å². The van der Waals surface area contributed by atoms with Gasteiger partial charge < -0.3 is 11.1 Å². The Morgan fingerprint density at radius 2 is 1.88 bits per heavy atom. The molecule has 0 aliphatic heterocycles. The fraction of sp³-hybridized carbons (Fsp3) is 0.158. The molecule has 0 bridgehead atoms. The molecule has 0 atom stereocenters. The Morgan fingerprint density at radius 3 is 2.52 bits per heavy atom. The molecule has 1 aromatic carbocycles. The van der Waals surface area contributed by atoms with Gasteiger partial charge in [0.2, 0.25) is 5.91 Å². The van der Waals surface area contributed by atoms with Crippen molar-refractivity contribution in [3.8, 4) is 11.4 Å². The summed E-state index contributed by atoms with van der Waals surface area (Å²) in [5, 5.41) is 3.32. The number of anilines is 2. The molecule has 0 spiro atoms. The molecule has 25 heavy (non-hydrogen) atoms. The first kappa shape index (κ1) is 16.6. The number of primary amides is 1. The van der Waals surface area contributed by atoms with Gasteiger partial charge in [-0.3, -0.25) is 9.78 Å². The van der Waals surface area contributed by atoms with Crippen LogP contribution in [0, 0.1) is 13.8 Å². The minimum atomic E-state index is -0.343. The van der Waals surface area contributed by atoms with Gasteiger partial charge in [0.05, 0.1) is 6.42 Å². The Bertz CT molecular complexity index is 892. The predicted molar refractivity (Wildman–Crippen MR) is 97.4 cm³/mol. The van der Waals surface area contributed by atoms with Crippen LogP contribution in [0.4, 0.5) is 11.5 Å². The van der Waals surface area contributed by atoms with E-state index in [0.29, 0.717) is 5.82 Å². The number of pyridine rings is 1. The Hall–Kier alpha value is -3.28. The van der Waals surface area contributed by atoms with E-state index >= 15 is 0 Å². The standard InChI is InChI=1S/C19H19N5O/c1-12-13(2)22-19(15-4-3-9-21-11-15)24-18(12)23-16-7-5-14(6-8-16)10-17(20)25/h3-9,11H,10H2,1-2H3,(H2,20,25)(H,22,23,24). The van der Waals surface area contributed by atoms with Gasteiger partial charge in [-0.2, -0.15) is 0 Å². The maximum atomic E-state index is 11.0. The number of carbonyl (C=O) groups is 1. The zero-order valence-electron chi connectivity index (χ0n) is 14.2. The molecule has 2 aromatic heterocycles. The number of aromatic nitrogens is 3. The molecule has 126 valence electrons. The first-order valence-electron chi connectivity index (χ1n) is 7.93. The number of hydrogen-bond donors (Lipinski definition) is 2. The van der Waals surface area contributed by atoms with Gasteiger partial charge in [-0.15, -0.1) is 0 Å². The van der Waals surface area contributed by atoms with Crippen molar-refractivity contribution in [2.45, 2.75) is 20.3 Å². The van der Waals surface area contributed by atoms with Crippen LogP contribution in [0.5, 0.6) is 0 Å². The van der Waals surface area contributed by atoms with E-state index in [0.717, 1.165) is 33.9 Å². The first-order valence-corrected chi connectivity index (χ1v) is 7.93. The average Bonchev–Trinajstić information content (AvgIpc) is 2.60. The maximum Gasteiger partial charge on any atom is 0.221 e. The van der Waals surface area contributed by atoms with Crippen LogP contribution >= 0.6 is 0 Å². The molecule has 0 aliphatic carbocycles. The van der Waals surface area contributed by atoms with Gasteiger partial charge >= 0.3 is 0 Å². The highest BCUT2D eigenvalue weighted by Crippen LogP contribution is 2.24. The molecule has 1 amide bonds. The third-order valence-electron chi connectivity index (χ3n) is 3.90. The second-order valence-electron chi connectivity index (χ2n) is 5.81. The number of nitrogens with one attached hydrogen (secondary N) is 1. The molecule has 2 heterocycles. The van der Waals surface area contributed by atoms with Crippen molar-refractivity contribution in [3.63, 3.8) is 0 Å². The zero-order valence-corrected chi connectivity index (χ0v) is 14.2. The molecule has 6 heteroatoms. The van der Waals surface area contributed by atoms with Crippen molar-refractivity contribution in [1.29, 1.82) is 0 Å². The second-order valence-corrected chi connectivity index (χ2v) is 5.81. The second kappa shape index (κ2) is 7.09. The smallest absolute Gasteiger partial charge is 0.221 e. The molecule has 0 saturated carbocycles. The highest BCUT2D eigenvalue weighted by molar-refractivity contribution is 5.76. The average molecular weight is 333 g/mol.